The van der Waals surface area contributed by atoms with Gasteiger partial charge in [0.05, 0.1) is 5.54 Å². The zero-order valence-corrected chi connectivity index (χ0v) is 12.4. The third kappa shape index (κ3) is 3.12. The van der Waals surface area contributed by atoms with Gasteiger partial charge in [0.1, 0.15) is 10.8 Å². The van der Waals surface area contributed by atoms with Crippen molar-refractivity contribution in [3.63, 3.8) is 0 Å². The Morgan fingerprint density at radius 1 is 1.40 bits per heavy atom. The number of anilines is 1. The lowest BCUT2D eigenvalue weighted by atomic mass is 10.1. The molecule has 0 bridgehead atoms. The van der Waals surface area contributed by atoms with Crippen molar-refractivity contribution in [2.75, 3.05) is 5.43 Å². The Kier molecular flexibility index (Phi) is 4.01. The molecule has 0 spiro atoms. The van der Waals surface area contributed by atoms with Gasteiger partial charge in [-0.15, -0.1) is 11.3 Å². The molecule has 0 aromatic carbocycles. The first-order valence-electron chi connectivity index (χ1n) is 6.10. The van der Waals surface area contributed by atoms with Gasteiger partial charge in [0, 0.05) is 22.8 Å². The summed E-state index contributed by atoms with van der Waals surface area (Å²) in [7, 11) is 0. The molecule has 0 saturated carbocycles. The fourth-order valence-electron chi connectivity index (χ4n) is 1.82. The molecule has 1 amide bonds. The van der Waals surface area contributed by atoms with Gasteiger partial charge in [-0.25, -0.2) is 15.8 Å². The van der Waals surface area contributed by atoms with Crippen molar-refractivity contribution in [2.45, 2.75) is 26.3 Å². The van der Waals surface area contributed by atoms with Gasteiger partial charge in [-0.05, 0) is 32.9 Å². The van der Waals surface area contributed by atoms with Crippen LogP contribution in [-0.4, -0.2) is 15.9 Å². The van der Waals surface area contributed by atoms with Gasteiger partial charge in [-0.2, -0.15) is 0 Å². The van der Waals surface area contributed by atoms with Crippen LogP contribution in [0.2, 0.25) is 0 Å². The van der Waals surface area contributed by atoms with E-state index >= 15 is 0 Å². The lowest BCUT2D eigenvalue weighted by Gasteiger charge is -2.24. The summed E-state index contributed by atoms with van der Waals surface area (Å²) in [4.78, 5) is 20.7. The van der Waals surface area contributed by atoms with Crippen LogP contribution in [0.4, 0.5) is 5.82 Å². The van der Waals surface area contributed by atoms with Crippen LogP contribution in [0.15, 0.2) is 23.7 Å². The number of nitrogens with one attached hydrogen (secondary N) is 2. The summed E-state index contributed by atoms with van der Waals surface area (Å²) in [5, 5.41) is 5.71. The summed E-state index contributed by atoms with van der Waals surface area (Å²) in [5.74, 6) is 5.61. The predicted octanol–water partition coefficient (Wildman–Crippen LogP) is 1.80. The van der Waals surface area contributed by atoms with E-state index in [1.165, 1.54) is 11.3 Å². The summed E-state index contributed by atoms with van der Waals surface area (Å²) in [6.45, 7) is 5.64. The molecule has 4 N–H and O–H groups in total. The van der Waals surface area contributed by atoms with E-state index in [4.69, 9.17) is 5.84 Å². The minimum atomic E-state index is -0.529. The number of aryl methyl sites for hydroxylation is 1. The number of hydrogen-bond donors (Lipinski definition) is 3. The second kappa shape index (κ2) is 5.56. The van der Waals surface area contributed by atoms with E-state index in [2.05, 4.69) is 20.7 Å². The van der Waals surface area contributed by atoms with Crippen molar-refractivity contribution < 1.29 is 4.79 Å². The van der Waals surface area contributed by atoms with Crippen LogP contribution in [0.5, 0.6) is 0 Å². The van der Waals surface area contributed by atoms with Crippen LogP contribution < -0.4 is 16.6 Å². The molecule has 0 saturated heterocycles. The summed E-state index contributed by atoms with van der Waals surface area (Å²) < 4.78 is 0. The van der Waals surface area contributed by atoms with Gasteiger partial charge in [-0.1, -0.05) is 0 Å². The van der Waals surface area contributed by atoms with E-state index in [0.29, 0.717) is 11.4 Å². The number of rotatable bonds is 4. The molecule has 0 radical (unpaired) electrons. The van der Waals surface area contributed by atoms with E-state index in [1.807, 2.05) is 26.2 Å². The quantitative estimate of drug-likeness (QED) is 0.590. The number of pyridine rings is 1. The van der Waals surface area contributed by atoms with Crippen molar-refractivity contribution >= 4 is 23.1 Å². The number of thiazole rings is 1. The number of nitrogen functional groups attached to an aromatic ring is 1. The molecule has 0 aliphatic heterocycles. The van der Waals surface area contributed by atoms with E-state index in [9.17, 15) is 4.79 Å². The highest BCUT2D eigenvalue weighted by Gasteiger charge is 2.26. The molecule has 0 fully saturated rings. The van der Waals surface area contributed by atoms with Gasteiger partial charge >= 0.3 is 0 Å². The van der Waals surface area contributed by atoms with Gasteiger partial charge in [-0.3, -0.25) is 4.79 Å². The number of nitrogens with zero attached hydrogens (tertiary/aromatic N) is 2. The Balaban J connectivity index is 2.22. The van der Waals surface area contributed by atoms with Crippen molar-refractivity contribution in [2.24, 2.45) is 5.84 Å². The Bertz CT molecular complexity index is 609. The second-order valence-corrected chi connectivity index (χ2v) is 5.84. The number of nitrogens with two attached hydrogens (primary N) is 1. The average Bonchev–Trinajstić information content (AvgIpc) is 2.92. The monoisotopic (exact) mass is 291 g/mol. The second-order valence-electron chi connectivity index (χ2n) is 4.94. The minimum Gasteiger partial charge on any atom is -0.341 e. The predicted molar refractivity (Wildman–Crippen MR) is 79.4 cm³/mol. The van der Waals surface area contributed by atoms with Crippen LogP contribution >= 0.6 is 11.3 Å². The number of carbonyl (C=O) groups is 1. The molecular formula is C13H17N5OS. The van der Waals surface area contributed by atoms with E-state index in [0.717, 1.165) is 10.7 Å². The minimum absolute atomic E-state index is 0.188. The molecule has 6 nitrogen and oxygen atoms in total. The molecule has 7 heteroatoms. The van der Waals surface area contributed by atoms with Gasteiger partial charge in [0.25, 0.3) is 5.91 Å². The average molecular weight is 291 g/mol. The summed E-state index contributed by atoms with van der Waals surface area (Å²) in [6.07, 6.45) is 1.72. The first-order chi connectivity index (χ1) is 9.42. The molecule has 0 atom stereocenters. The molecule has 20 heavy (non-hydrogen) atoms. The highest BCUT2D eigenvalue weighted by atomic mass is 32.1. The van der Waals surface area contributed by atoms with Crippen LogP contribution in [-0.2, 0) is 5.54 Å². The number of hydrogen-bond acceptors (Lipinski definition) is 6. The van der Waals surface area contributed by atoms with Gasteiger partial charge in [0.15, 0.2) is 0 Å². The SMILES string of the molecule is Cc1cc(C(=O)NC(C)(C)c2nccs2)cc(NN)n1. The van der Waals surface area contributed by atoms with Crippen LogP contribution in [0.1, 0.15) is 34.9 Å². The Morgan fingerprint density at radius 2 is 2.15 bits per heavy atom. The number of aromatic nitrogens is 2. The highest BCUT2D eigenvalue weighted by molar-refractivity contribution is 7.09. The molecule has 0 aliphatic carbocycles. The molecule has 106 valence electrons. The smallest absolute Gasteiger partial charge is 0.252 e. The van der Waals surface area contributed by atoms with Crippen LogP contribution in [0.25, 0.3) is 0 Å². The number of carbonyl (C=O) groups excluding carboxylic acids is 1. The lowest BCUT2D eigenvalue weighted by Crippen LogP contribution is -2.41. The number of amides is 1. The molecular weight excluding hydrogens is 274 g/mol. The first-order valence-corrected chi connectivity index (χ1v) is 6.98. The molecule has 0 aliphatic rings. The third-order valence-electron chi connectivity index (χ3n) is 2.76. The Morgan fingerprint density at radius 3 is 2.75 bits per heavy atom. The van der Waals surface area contributed by atoms with E-state index < -0.39 is 5.54 Å². The molecule has 2 aromatic rings. The maximum absolute atomic E-state index is 12.3. The normalized spacial score (nSPS) is 11.2. The summed E-state index contributed by atoms with van der Waals surface area (Å²) in [6, 6.07) is 3.33. The van der Waals surface area contributed by atoms with Crippen molar-refractivity contribution in [3.8, 4) is 0 Å². The van der Waals surface area contributed by atoms with E-state index in [-0.39, 0.29) is 5.91 Å². The zero-order chi connectivity index (χ0) is 14.8. The Hall–Kier alpha value is -1.99. The maximum Gasteiger partial charge on any atom is 0.252 e. The fourth-order valence-corrected chi connectivity index (χ4v) is 2.53. The lowest BCUT2D eigenvalue weighted by molar-refractivity contribution is 0.0911. The van der Waals surface area contributed by atoms with Gasteiger partial charge in [0.2, 0.25) is 0 Å². The highest BCUT2D eigenvalue weighted by Crippen LogP contribution is 2.22. The van der Waals surface area contributed by atoms with Crippen molar-refractivity contribution in [1.82, 2.24) is 15.3 Å². The van der Waals surface area contributed by atoms with Crippen LogP contribution in [0, 0.1) is 6.92 Å². The summed E-state index contributed by atoms with van der Waals surface area (Å²) in [5.41, 5.74) is 3.15. The van der Waals surface area contributed by atoms with Crippen molar-refractivity contribution in [1.29, 1.82) is 0 Å². The van der Waals surface area contributed by atoms with Crippen molar-refractivity contribution in [3.05, 3.63) is 40.0 Å². The first kappa shape index (κ1) is 14.4. The zero-order valence-electron chi connectivity index (χ0n) is 11.6. The number of hydrazine groups is 1. The molecule has 2 heterocycles. The fraction of sp³-hybridized carbons (Fsp3) is 0.308. The van der Waals surface area contributed by atoms with Gasteiger partial charge < -0.3 is 10.7 Å². The standard InChI is InChI=1S/C13H17N5OS/c1-8-6-9(7-10(16-8)18-14)11(19)17-13(2,3)12-15-4-5-20-12/h4-7H,14H2,1-3H3,(H,16,18)(H,17,19). The van der Waals surface area contributed by atoms with Crippen LogP contribution in [0.3, 0.4) is 0 Å². The topological polar surface area (TPSA) is 92.9 Å². The summed E-state index contributed by atoms with van der Waals surface area (Å²) >= 11 is 1.51. The molecule has 2 aromatic heterocycles. The molecule has 2 rings (SSSR count). The maximum atomic E-state index is 12.3. The third-order valence-corrected chi connectivity index (χ3v) is 3.85. The van der Waals surface area contributed by atoms with E-state index in [1.54, 1.807) is 18.3 Å². The largest absolute Gasteiger partial charge is 0.341 e. The molecule has 0 unspecified atom stereocenters. The Labute approximate surface area is 121 Å².